The Balaban J connectivity index is 2.04. The molecule has 2 aromatic rings. The third kappa shape index (κ3) is 1.46. The zero-order chi connectivity index (χ0) is 11.0. The maximum Gasteiger partial charge on any atom is 0.298 e. The van der Waals surface area contributed by atoms with Crippen molar-refractivity contribution in [3.8, 4) is 0 Å². The average Bonchev–Trinajstić information content (AvgIpc) is 2.96. The summed E-state index contributed by atoms with van der Waals surface area (Å²) in [6.07, 6.45) is 3.21. The first-order valence-corrected chi connectivity index (χ1v) is 5.47. The summed E-state index contributed by atoms with van der Waals surface area (Å²) >= 11 is 0. The molecule has 82 valence electrons. The van der Waals surface area contributed by atoms with Crippen molar-refractivity contribution in [1.82, 2.24) is 4.98 Å². The molecule has 0 spiro atoms. The number of hydrogen-bond acceptors (Lipinski definition) is 4. The molecule has 0 saturated carbocycles. The van der Waals surface area contributed by atoms with E-state index in [-0.39, 0.29) is 0 Å². The van der Waals surface area contributed by atoms with Gasteiger partial charge >= 0.3 is 0 Å². The summed E-state index contributed by atoms with van der Waals surface area (Å²) in [6.45, 7) is 2.01. The number of benzene rings is 1. The van der Waals surface area contributed by atoms with Gasteiger partial charge in [0.1, 0.15) is 11.8 Å². The fraction of sp³-hybridized carbons (Fsp3) is 0.333. The van der Waals surface area contributed by atoms with Crippen molar-refractivity contribution in [3.05, 3.63) is 23.8 Å². The molecule has 4 heteroatoms. The summed E-state index contributed by atoms with van der Waals surface area (Å²) in [5, 5.41) is 0. The molecule has 1 aromatic carbocycles. The van der Waals surface area contributed by atoms with Gasteiger partial charge in [0.15, 0.2) is 5.58 Å². The quantitative estimate of drug-likeness (QED) is 0.722. The van der Waals surface area contributed by atoms with Crippen molar-refractivity contribution in [1.29, 1.82) is 0 Å². The van der Waals surface area contributed by atoms with Crippen LogP contribution < -0.4 is 4.90 Å². The summed E-state index contributed by atoms with van der Waals surface area (Å²) in [4.78, 5) is 17.2. The Hall–Kier alpha value is -1.84. The molecule has 0 bridgehead atoms. The molecule has 0 aliphatic carbocycles. The van der Waals surface area contributed by atoms with Crippen LogP contribution >= 0.6 is 0 Å². The van der Waals surface area contributed by atoms with Crippen LogP contribution in [-0.4, -0.2) is 24.4 Å². The third-order valence-electron chi connectivity index (χ3n) is 2.91. The lowest BCUT2D eigenvalue weighted by Gasteiger charge is -2.10. The number of carbonyl (C=O) groups excluding carboxylic acids is 1. The highest BCUT2D eigenvalue weighted by Crippen LogP contribution is 2.25. The number of anilines is 1. The van der Waals surface area contributed by atoms with Gasteiger partial charge in [0.25, 0.3) is 6.01 Å². The Kier molecular flexibility index (Phi) is 2.13. The van der Waals surface area contributed by atoms with Gasteiger partial charge in [0.2, 0.25) is 0 Å². The van der Waals surface area contributed by atoms with Gasteiger partial charge in [-0.15, -0.1) is 0 Å². The SMILES string of the molecule is O=Cc1ccc2oc(N3CCCC3)nc2c1. The first-order valence-electron chi connectivity index (χ1n) is 5.47. The minimum atomic E-state index is 0.633. The zero-order valence-corrected chi connectivity index (χ0v) is 8.85. The van der Waals surface area contributed by atoms with E-state index in [4.69, 9.17) is 4.42 Å². The van der Waals surface area contributed by atoms with E-state index in [9.17, 15) is 4.79 Å². The molecule has 0 radical (unpaired) electrons. The Morgan fingerprint density at radius 1 is 1.31 bits per heavy atom. The third-order valence-corrected chi connectivity index (χ3v) is 2.91. The molecular formula is C12H12N2O2. The summed E-state index contributed by atoms with van der Waals surface area (Å²) in [7, 11) is 0. The molecule has 2 heterocycles. The molecule has 0 atom stereocenters. The number of rotatable bonds is 2. The van der Waals surface area contributed by atoms with Gasteiger partial charge in [-0.1, -0.05) is 0 Å². The van der Waals surface area contributed by atoms with Crippen molar-refractivity contribution >= 4 is 23.4 Å². The molecule has 4 nitrogen and oxygen atoms in total. The number of aldehydes is 1. The second-order valence-electron chi connectivity index (χ2n) is 4.04. The predicted molar refractivity (Wildman–Crippen MR) is 60.8 cm³/mol. The molecule has 16 heavy (non-hydrogen) atoms. The van der Waals surface area contributed by atoms with E-state index >= 15 is 0 Å². The van der Waals surface area contributed by atoms with Crippen LogP contribution in [0, 0.1) is 0 Å². The van der Waals surface area contributed by atoms with E-state index < -0.39 is 0 Å². The van der Waals surface area contributed by atoms with Crippen LogP contribution in [0.1, 0.15) is 23.2 Å². The Bertz CT molecular complexity index is 527. The highest BCUT2D eigenvalue weighted by atomic mass is 16.4. The van der Waals surface area contributed by atoms with E-state index in [1.165, 1.54) is 12.8 Å². The Labute approximate surface area is 92.9 Å². The fourth-order valence-corrected chi connectivity index (χ4v) is 2.05. The van der Waals surface area contributed by atoms with E-state index in [0.717, 1.165) is 30.5 Å². The number of nitrogens with zero attached hydrogens (tertiary/aromatic N) is 2. The van der Waals surface area contributed by atoms with Crippen LogP contribution in [0.2, 0.25) is 0 Å². The van der Waals surface area contributed by atoms with Crippen LogP contribution in [0.4, 0.5) is 6.01 Å². The number of fused-ring (bicyclic) bond motifs is 1. The number of aromatic nitrogens is 1. The lowest BCUT2D eigenvalue weighted by atomic mass is 10.2. The first-order chi connectivity index (χ1) is 7.86. The van der Waals surface area contributed by atoms with E-state index in [0.29, 0.717) is 11.6 Å². The van der Waals surface area contributed by atoms with Crippen LogP contribution in [0.15, 0.2) is 22.6 Å². The van der Waals surface area contributed by atoms with Crippen LogP contribution in [0.25, 0.3) is 11.1 Å². The number of carbonyl (C=O) groups is 1. The van der Waals surface area contributed by atoms with E-state index in [1.807, 2.05) is 0 Å². The molecule has 1 saturated heterocycles. The van der Waals surface area contributed by atoms with E-state index in [1.54, 1.807) is 18.2 Å². The van der Waals surface area contributed by atoms with Gasteiger partial charge in [0, 0.05) is 18.7 Å². The molecule has 1 aliphatic rings. The molecule has 0 unspecified atom stereocenters. The Morgan fingerprint density at radius 2 is 2.12 bits per heavy atom. The van der Waals surface area contributed by atoms with Gasteiger partial charge in [-0.3, -0.25) is 4.79 Å². The maximum absolute atomic E-state index is 10.6. The molecular weight excluding hydrogens is 204 g/mol. The van der Waals surface area contributed by atoms with Crippen molar-refractivity contribution < 1.29 is 9.21 Å². The highest BCUT2D eigenvalue weighted by Gasteiger charge is 2.17. The summed E-state index contributed by atoms with van der Waals surface area (Å²) in [5.74, 6) is 0. The monoisotopic (exact) mass is 216 g/mol. The topological polar surface area (TPSA) is 46.3 Å². The summed E-state index contributed by atoms with van der Waals surface area (Å²) < 4.78 is 5.65. The van der Waals surface area contributed by atoms with Gasteiger partial charge in [-0.05, 0) is 31.0 Å². The number of oxazole rings is 1. The van der Waals surface area contributed by atoms with Crippen LogP contribution in [0.5, 0.6) is 0 Å². The molecule has 1 aliphatic heterocycles. The zero-order valence-electron chi connectivity index (χ0n) is 8.85. The smallest absolute Gasteiger partial charge is 0.298 e. The summed E-state index contributed by atoms with van der Waals surface area (Å²) in [6, 6.07) is 5.97. The van der Waals surface area contributed by atoms with Crippen molar-refractivity contribution in [2.45, 2.75) is 12.8 Å². The predicted octanol–water partition coefficient (Wildman–Crippen LogP) is 2.24. The second-order valence-corrected chi connectivity index (χ2v) is 4.04. The molecule has 1 fully saturated rings. The fourth-order valence-electron chi connectivity index (χ4n) is 2.05. The summed E-state index contributed by atoms with van der Waals surface area (Å²) in [5.41, 5.74) is 2.13. The average molecular weight is 216 g/mol. The minimum Gasteiger partial charge on any atom is -0.423 e. The van der Waals surface area contributed by atoms with Crippen molar-refractivity contribution in [2.75, 3.05) is 18.0 Å². The molecule has 0 amide bonds. The van der Waals surface area contributed by atoms with Gasteiger partial charge in [-0.2, -0.15) is 4.98 Å². The molecule has 1 aromatic heterocycles. The van der Waals surface area contributed by atoms with Crippen LogP contribution in [0.3, 0.4) is 0 Å². The molecule has 0 N–H and O–H groups in total. The normalized spacial score (nSPS) is 15.9. The minimum absolute atomic E-state index is 0.633. The lowest BCUT2D eigenvalue weighted by Crippen LogP contribution is -2.17. The number of hydrogen-bond donors (Lipinski definition) is 0. The van der Waals surface area contributed by atoms with Gasteiger partial charge < -0.3 is 9.32 Å². The lowest BCUT2D eigenvalue weighted by molar-refractivity contribution is 0.112. The largest absolute Gasteiger partial charge is 0.423 e. The van der Waals surface area contributed by atoms with Gasteiger partial charge in [-0.25, -0.2) is 0 Å². The maximum atomic E-state index is 10.6. The Morgan fingerprint density at radius 3 is 2.88 bits per heavy atom. The second kappa shape index (κ2) is 3.63. The standard InChI is InChI=1S/C12H12N2O2/c15-8-9-3-4-11-10(7-9)13-12(16-11)14-5-1-2-6-14/h3-4,7-8H,1-2,5-6H2. The van der Waals surface area contributed by atoms with Crippen molar-refractivity contribution in [3.63, 3.8) is 0 Å². The van der Waals surface area contributed by atoms with Gasteiger partial charge in [0.05, 0.1) is 0 Å². The van der Waals surface area contributed by atoms with Crippen LogP contribution in [-0.2, 0) is 0 Å². The first kappa shape index (κ1) is 9.39. The van der Waals surface area contributed by atoms with Crippen molar-refractivity contribution in [2.24, 2.45) is 0 Å². The van der Waals surface area contributed by atoms with E-state index in [2.05, 4.69) is 9.88 Å². The highest BCUT2D eigenvalue weighted by molar-refractivity contribution is 5.84. The molecule has 3 rings (SSSR count).